The quantitative estimate of drug-likeness (QED) is 0.438. The summed E-state index contributed by atoms with van der Waals surface area (Å²) >= 11 is 3.16. The molecule has 1 N–H and O–H groups in total. The van der Waals surface area contributed by atoms with Crippen molar-refractivity contribution in [2.24, 2.45) is 5.16 Å². The molecule has 2 nitrogen and oxygen atoms in total. The molecule has 0 heterocycles. The van der Waals surface area contributed by atoms with Crippen molar-refractivity contribution in [3.63, 3.8) is 0 Å². The molecule has 0 unspecified atom stereocenters. The van der Waals surface area contributed by atoms with Gasteiger partial charge in [0.1, 0.15) is 5.82 Å². The van der Waals surface area contributed by atoms with Gasteiger partial charge in [-0.05, 0) is 18.2 Å². The van der Waals surface area contributed by atoms with Crippen molar-refractivity contribution in [1.82, 2.24) is 0 Å². The molecule has 58 valence electrons. The van der Waals surface area contributed by atoms with Crippen LogP contribution in [0.1, 0.15) is 5.56 Å². The highest BCUT2D eigenvalue weighted by Gasteiger charge is 1.97. The van der Waals surface area contributed by atoms with Crippen molar-refractivity contribution in [2.45, 2.75) is 0 Å². The lowest BCUT2D eigenvalue weighted by Gasteiger charge is -1.95. The van der Waals surface area contributed by atoms with E-state index in [0.29, 0.717) is 10.0 Å². The third-order valence-corrected chi connectivity index (χ3v) is 1.88. The zero-order valence-corrected chi connectivity index (χ0v) is 7.05. The van der Waals surface area contributed by atoms with E-state index in [-0.39, 0.29) is 5.82 Å². The molecule has 0 aliphatic carbocycles. The van der Waals surface area contributed by atoms with Crippen LogP contribution in [0.4, 0.5) is 4.39 Å². The Morgan fingerprint density at radius 2 is 2.27 bits per heavy atom. The van der Waals surface area contributed by atoms with E-state index in [0.717, 1.165) is 6.21 Å². The Kier molecular flexibility index (Phi) is 2.59. The Bertz CT molecular complexity index is 288. The average Bonchev–Trinajstić information content (AvgIpc) is 1.98. The Labute approximate surface area is 71.5 Å². The van der Waals surface area contributed by atoms with Crippen LogP contribution in [0.25, 0.3) is 0 Å². The molecule has 0 bridgehead atoms. The summed E-state index contributed by atoms with van der Waals surface area (Å²) in [7, 11) is 0. The first-order valence-corrected chi connectivity index (χ1v) is 3.66. The topological polar surface area (TPSA) is 32.6 Å². The summed E-state index contributed by atoms with van der Waals surface area (Å²) in [4.78, 5) is 0. The van der Waals surface area contributed by atoms with Crippen LogP contribution >= 0.6 is 15.9 Å². The number of oxime groups is 1. The van der Waals surface area contributed by atoms with E-state index in [1.165, 1.54) is 12.1 Å². The Balaban J connectivity index is 3.12. The first-order valence-electron chi connectivity index (χ1n) is 2.86. The van der Waals surface area contributed by atoms with Gasteiger partial charge in [0.2, 0.25) is 0 Å². The van der Waals surface area contributed by atoms with Gasteiger partial charge in [0, 0.05) is 10.0 Å². The molecule has 0 fully saturated rings. The lowest BCUT2D eigenvalue weighted by atomic mass is 10.2. The van der Waals surface area contributed by atoms with Gasteiger partial charge in [0.15, 0.2) is 0 Å². The predicted molar refractivity (Wildman–Crippen MR) is 43.5 cm³/mol. The molecule has 0 aromatic heterocycles. The summed E-state index contributed by atoms with van der Waals surface area (Å²) in [5.74, 6) is -0.358. The average molecular weight is 218 g/mol. The van der Waals surface area contributed by atoms with Gasteiger partial charge in [0.25, 0.3) is 0 Å². The predicted octanol–water partition coefficient (Wildman–Crippen LogP) is 2.40. The van der Waals surface area contributed by atoms with E-state index >= 15 is 0 Å². The highest BCUT2D eigenvalue weighted by atomic mass is 79.9. The maximum Gasteiger partial charge on any atom is 0.123 e. The number of benzene rings is 1. The lowest BCUT2D eigenvalue weighted by Crippen LogP contribution is -1.84. The van der Waals surface area contributed by atoms with Gasteiger partial charge in [0.05, 0.1) is 6.21 Å². The molecule has 0 radical (unpaired) electrons. The summed E-state index contributed by atoms with van der Waals surface area (Å²) < 4.78 is 13.2. The van der Waals surface area contributed by atoms with Crippen molar-refractivity contribution < 1.29 is 9.60 Å². The fourth-order valence-electron chi connectivity index (χ4n) is 0.676. The van der Waals surface area contributed by atoms with Crippen LogP contribution in [0.3, 0.4) is 0 Å². The molecule has 1 rings (SSSR count). The first-order chi connectivity index (χ1) is 5.24. The van der Waals surface area contributed by atoms with Crippen LogP contribution < -0.4 is 0 Å². The summed E-state index contributed by atoms with van der Waals surface area (Å²) in [5, 5.41) is 10.9. The van der Waals surface area contributed by atoms with Gasteiger partial charge in [-0.1, -0.05) is 21.1 Å². The summed E-state index contributed by atoms with van der Waals surface area (Å²) in [6.07, 6.45) is 1.16. The molecule has 0 aliphatic heterocycles. The van der Waals surface area contributed by atoms with Crippen molar-refractivity contribution >= 4 is 22.1 Å². The molecular weight excluding hydrogens is 213 g/mol. The Morgan fingerprint density at radius 3 is 2.91 bits per heavy atom. The van der Waals surface area contributed by atoms with Gasteiger partial charge in [-0.15, -0.1) is 0 Å². The van der Waals surface area contributed by atoms with Gasteiger partial charge in [-0.25, -0.2) is 4.39 Å². The van der Waals surface area contributed by atoms with Crippen LogP contribution in [0.15, 0.2) is 27.8 Å². The van der Waals surface area contributed by atoms with Crippen LogP contribution in [0.2, 0.25) is 0 Å². The van der Waals surface area contributed by atoms with Crippen molar-refractivity contribution in [1.29, 1.82) is 0 Å². The molecule has 0 amide bonds. The van der Waals surface area contributed by atoms with Gasteiger partial charge in [-0.2, -0.15) is 0 Å². The highest BCUT2D eigenvalue weighted by molar-refractivity contribution is 9.10. The number of hydrogen-bond acceptors (Lipinski definition) is 2. The molecule has 11 heavy (non-hydrogen) atoms. The molecule has 0 saturated carbocycles. The summed E-state index contributed by atoms with van der Waals surface area (Å²) in [5.41, 5.74) is 0.507. The van der Waals surface area contributed by atoms with E-state index in [4.69, 9.17) is 5.21 Å². The third-order valence-electron chi connectivity index (χ3n) is 1.15. The van der Waals surface area contributed by atoms with E-state index in [2.05, 4.69) is 21.1 Å². The summed E-state index contributed by atoms with van der Waals surface area (Å²) in [6, 6.07) is 4.13. The van der Waals surface area contributed by atoms with E-state index in [1.807, 2.05) is 0 Å². The maximum absolute atomic E-state index is 12.5. The first kappa shape index (κ1) is 8.20. The third kappa shape index (κ3) is 2.01. The zero-order valence-electron chi connectivity index (χ0n) is 5.46. The standard InChI is InChI=1S/C7H5BrFNO/c8-7-2-1-6(9)3-5(7)4-10-11/h1-4,11H. The van der Waals surface area contributed by atoms with Crippen LogP contribution in [-0.2, 0) is 0 Å². The van der Waals surface area contributed by atoms with E-state index < -0.39 is 0 Å². The fraction of sp³-hybridized carbons (Fsp3) is 0. The van der Waals surface area contributed by atoms with Gasteiger partial charge >= 0.3 is 0 Å². The molecule has 0 saturated heterocycles. The van der Waals surface area contributed by atoms with Crippen molar-refractivity contribution in [3.05, 3.63) is 34.1 Å². The summed E-state index contributed by atoms with van der Waals surface area (Å²) in [6.45, 7) is 0. The van der Waals surface area contributed by atoms with Crippen LogP contribution in [0, 0.1) is 5.82 Å². The minimum atomic E-state index is -0.358. The number of halogens is 2. The van der Waals surface area contributed by atoms with Crippen LogP contribution in [-0.4, -0.2) is 11.4 Å². The Morgan fingerprint density at radius 1 is 1.55 bits per heavy atom. The van der Waals surface area contributed by atoms with Crippen molar-refractivity contribution in [2.75, 3.05) is 0 Å². The largest absolute Gasteiger partial charge is 0.411 e. The van der Waals surface area contributed by atoms with E-state index in [1.54, 1.807) is 6.07 Å². The number of hydrogen-bond donors (Lipinski definition) is 1. The lowest BCUT2D eigenvalue weighted by molar-refractivity contribution is 0.322. The fourth-order valence-corrected chi connectivity index (χ4v) is 1.02. The number of nitrogens with zero attached hydrogens (tertiary/aromatic N) is 1. The second kappa shape index (κ2) is 3.48. The number of rotatable bonds is 1. The molecule has 0 spiro atoms. The Hall–Kier alpha value is -0.900. The molecule has 4 heteroatoms. The smallest absolute Gasteiger partial charge is 0.123 e. The SMILES string of the molecule is ON=Cc1cc(F)ccc1Br. The monoisotopic (exact) mass is 217 g/mol. The highest BCUT2D eigenvalue weighted by Crippen LogP contribution is 2.15. The zero-order chi connectivity index (χ0) is 8.27. The second-order valence-corrected chi connectivity index (χ2v) is 2.76. The van der Waals surface area contributed by atoms with Gasteiger partial charge < -0.3 is 5.21 Å². The minimum absolute atomic E-state index is 0.358. The molecule has 0 aliphatic rings. The van der Waals surface area contributed by atoms with Crippen molar-refractivity contribution in [3.8, 4) is 0 Å². The second-order valence-electron chi connectivity index (χ2n) is 1.91. The molecular formula is C7H5BrFNO. The normalized spacial score (nSPS) is 10.7. The molecule has 1 aromatic carbocycles. The van der Waals surface area contributed by atoms with Crippen LogP contribution in [0.5, 0.6) is 0 Å². The van der Waals surface area contributed by atoms with Gasteiger partial charge in [-0.3, -0.25) is 0 Å². The van der Waals surface area contributed by atoms with E-state index in [9.17, 15) is 4.39 Å². The molecule has 1 aromatic rings. The minimum Gasteiger partial charge on any atom is -0.411 e. The molecule has 0 atom stereocenters. The maximum atomic E-state index is 12.5.